The number of nitrogens with zero attached hydrogens (tertiary/aromatic N) is 2. The summed E-state index contributed by atoms with van der Waals surface area (Å²) in [5.41, 5.74) is 1.90. The van der Waals surface area contributed by atoms with Crippen LogP contribution >= 0.6 is 11.6 Å². The van der Waals surface area contributed by atoms with Gasteiger partial charge in [-0.15, -0.1) is 0 Å². The number of benzene rings is 1. The number of hydrogen-bond acceptors (Lipinski definition) is 3. The molecule has 1 saturated heterocycles. The van der Waals surface area contributed by atoms with Crippen LogP contribution in [0.2, 0.25) is 5.02 Å². The molecule has 0 aromatic heterocycles. The molecule has 1 heterocycles. The van der Waals surface area contributed by atoms with E-state index in [1.807, 2.05) is 18.2 Å². The van der Waals surface area contributed by atoms with Gasteiger partial charge >= 0.3 is 0 Å². The van der Waals surface area contributed by atoms with Crippen molar-refractivity contribution in [2.24, 2.45) is 5.92 Å². The van der Waals surface area contributed by atoms with Gasteiger partial charge in [-0.1, -0.05) is 23.8 Å². The molecule has 124 valence electrons. The Hall–Kier alpha value is -1.52. The van der Waals surface area contributed by atoms with E-state index in [1.54, 1.807) is 0 Å². The highest BCUT2D eigenvalue weighted by Crippen LogP contribution is 2.30. The van der Waals surface area contributed by atoms with Crippen molar-refractivity contribution in [3.8, 4) is 0 Å². The van der Waals surface area contributed by atoms with Gasteiger partial charge in [0.2, 0.25) is 5.91 Å². The average molecular weight is 334 g/mol. The van der Waals surface area contributed by atoms with Crippen molar-refractivity contribution >= 4 is 28.9 Å². The van der Waals surface area contributed by atoms with Crippen molar-refractivity contribution < 1.29 is 4.79 Å². The monoisotopic (exact) mass is 333 g/mol. The molecule has 1 unspecified atom stereocenters. The maximum atomic E-state index is 12.4. The second-order valence-electron chi connectivity index (χ2n) is 6.47. The fraction of sp³-hybridized carbons (Fsp3) is 0.500. The minimum atomic E-state index is 0.0687. The highest BCUT2D eigenvalue weighted by molar-refractivity contribution is 6.31. The van der Waals surface area contributed by atoms with E-state index < -0.39 is 0 Å². The fourth-order valence-electron chi connectivity index (χ4n) is 3.24. The predicted octanol–water partition coefficient (Wildman–Crippen LogP) is 3.39. The summed E-state index contributed by atoms with van der Waals surface area (Å²) in [6, 6.07) is 5.76. The first-order valence-corrected chi connectivity index (χ1v) is 8.69. The van der Waals surface area contributed by atoms with Gasteiger partial charge in [0, 0.05) is 37.6 Å². The predicted molar refractivity (Wildman–Crippen MR) is 96.3 cm³/mol. The molecule has 5 heteroatoms. The number of piperazine rings is 1. The van der Waals surface area contributed by atoms with Gasteiger partial charge in [-0.3, -0.25) is 4.79 Å². The second kappa shape index (κ2) is 7.37. The Bertz CT molecular complexity index is 594. The van der Waals surface area contributed by atoms with Crippen LogP contribution in [-0.2, 0) is 4.79 Å². The molecule has 2 aliphatic rings. The van der Waals surface area contributed by atoms with E-state index in [2.05, 4.69) is 34.3 Å². The smallest absolute Gasteiger partial charge is 0.225 e. The number of hydrogen-bond donors (Lipinski definition) is 1. The highest BCUT2D eigenvalue weighted by Gasteiger charge is 2.19. The SMILES string of the molecule is CN1CCN(c2ccc(Cl)cc2NC(=O)CC2C=CCC2)CC1. The Labute approximate surface area is 143 Å². The molecule has 1 fully saturated rings. The molecule has 0 bridgehead atoms. The molecular weight excluding hydrogens is 310 g/mol. The molecule has 1 aliphatic heterocycles. The number of amides is 1. The molecule has 0 spiro atoms. The van der Waals surface area contributed by atoms with Crippen molar-refractivity contribution in [2.45, 2.75) is 19.3 Å². The number of halogens is 1. The van der Waals surface area contributed by atoms with E-state index >= 15 is 0 Å². The number of rotatable bonds is 4. The Balaban J connectivity index is 1.70. The van der Waals surface area contributed by atoms with E-state index in [1.165, 1.54) is 0 Å². The molecule has 1 amide bonds. The quantitative estimate of drug-likeness (QED) is 0.858. The first-order valence-electron chi connectivity index (χ1n) is 8.31. The van der Waals surface area contributed by atoms with Gasteiger partial charge < -0.3 is 15.1 Å². The zero-order chi connectivity index (χ0) is 16.2. The van der Waals surface area contributed by atoms with Crippen LogP contribution in [0.3, 0.4) is 0 Å². The van der Waals surface area contributed by atoms with Crippen LogP contribution in [-0.4, -0.2) is 44.0 Å². The van der Waals surface area contributed by atoms with Crippen LogP contribution in [0.4, 0.5) is 11.4 Å². The summed E-state index contributed by atoms with van der Waals surface area (Å²) in [6.07, 6.45) is 7.02. The van der Waals surface area contributed by atoms with E-state index in [-0.39, 0.29) is 5.91 Å². The first kappa shape index (κ1) is 16.3. The average Bonchev–Trinajstić information content (AvgIpc) is 3.01. The van der Waals surface area contributed by atoms with Gasteiger partial charge in [0.05, 0.1) is 11.4 Å². The standard InChI is InChI=1S/C18H24ClN3O/c1-21-8-10-22(11-9-21)17-7-6-15(19)13-16(17)20-18(23)12-14-4-2-3-5-14/h2,4,6-7,13-14H,3,5,8-12H2,1H3,(H,20,23). The lowest BCUT2D eigenvalue weighted by Crippen LogP contribution is -2.44. The van der Waals surface area contributed by atoms with Crippen LogP contribution < -0.4 is 10.2 Å². The van der Waals surface area contributed by atoms with Crippen molar-refractivity contribution in [1.29, 1.82) is 0 Å². The van der Waals surface area contributed by atoms with E-state index in [0.29, 0.717) is 17.4 Å². The molecule has 3 rings (SSSR count). The van der Waals surface area contributed by atoms with Crippen LogP contribution in [0, 0.1) is 5.92 Å². The lowest BCUT2D eigenvalue weighted by Gasteiger charge is -2.35. The van der Waals surface area contributed by atoms with Crippen molar-refractivity contribution in [3.63, 3.8) is 0 Å². The lowest BCUT2D eigenvalue weighted by atomic mass is 10.0. The zero-order valence-corrected chi connectivity index (χ0v) is 14.4. The van der Waals surface area contributed by atoms with Gasteiger partial charge in [-0.05, 0) is 44.0 Å². The third-order valence-corrected chi connectivity index (χ3v) is 4.87. The topological polar surface area (TPSA) is 35.6 Å². The van der Waals surface area contributed by atoms with Crippen molar-refractivity contribution in [2.75, 3.05) is 43.4 Å². The first-order chi connectivity index (χ1) is 11.1. The van der Waals surface area contributed by atoms with Crippen LogP contribution in [0.5, 0.6) is 0 Å². The Morgan fingerprint density at radius 3 is 2.78 bits per heavy atom. The summed E-state index contributed by atoms with van der Waals surface area (Å²) in [4.78, 5) is 17.0. The Kier molecular flexibility index (Phi) is 5.23. The van der Waals surface area contributed by atoms with Crippen LogP contribution in [0.15, 0.2) is 30.4 Å². The van der Waals surface area contributed by atoms with Gasteiger partial charge in [-0.25, -0.2) is 0 Å². The molecule has 23 heavy (non-hydrogen) atoms. The second-order valence-corrected chi connectivity index (χ2v) is 6.91. The zero-order valence-electron chi connectivity index (χ0n) is 13.6. The third kappa shape index (κ3) is 4.27. The molecule has 0 saturated carbocycles. The Morgan fingerprint density at radius 1 is 1.30 bits per heavy atom. The summed E-state index contributed by atoms with van der Waals surface area (Å²) in [6.45, 7) is 3.99. The highest BCUT2D eigenvalue weighted by atomic mass is 35.5. The van der Waals surface area contributed by atoms with Crippen molar-refractivity contribution in [1.82, 2.24) is 4.90 Å². The maximum absolute atomic E-state index is 12.4. The maximum Gasteiger partial charge on any atom is 0.225 e. The summed E-state index contributed by atoms with van der Waals surface area (Å²) in [5, 5.41) is 3.73. The van der Waals surface area contributed by atoms with E-state index in [4.69, 9.17) is 11.6 Å². The minimum absolute atomic E-state index is 0.0687. The van der Waals surface area contributed by atoms with Crippen molar-refractivity contribution in [3.05, 3.63) is 35.4 Å². The number of carbonyl (C=O) groups excluding carboxylic acids is 1. The summed E-state index contributed by atoms with van der Waals surface area (Å²) >= 11 is 6.14. The minimum Gasteiger partial charge on any atom is -0.367 e. The fourth-order valence-corrected chi connectivity index (χ4v) is 3.41. The van der Waals surface area contributed by atoms with Crippen LogP contribution in [0.1, 0.15) is 19.3 Å². The third-order valence-electron chi connectivity index (χ3n) is 4.64. The summed E-state index contributed by atoms with van der Waals surface area (Å²) < 4.78 is 0. The number of anilines is 2. The van der Waals surface area contributed by atoms with Gasteiger partial charge in [-0.2, -0.15) is 0 Å². The van der Waals surface area contributed by atoms with E-state index in [9.17, 15) is 4.79 Å². The molecular formula is C18H24ClN3O. The Morgan fingerprint density at radius 2 is 2.09 bits per heavy atom. The normalized spacial score (nSPS) is 21.7. The van der Waals surface area contributed by atoms with E-state index in [0.717, 1.165) is 50.4 Å². The number of nitrogens with one attached hydrogen (secondary N) is 1. The molecule has 1 aromatic rings. The molecule has 4 nitrogen and oxygen atoms in total. The van der Waals surface area contributed by atoms with Gasteiger partial charge in [0.15, 0.2) is 0 Å². The number of allylic oxidation sites excluding steroid dienone is 2. The molecule has 1 aliphatic carbocycles. The van der Waals surface area contributed by atoms with Gasteiger partial charge in [0.25, 0.3) is 0 Å². The lowest BCUT2D eigenvalue weighted by molar-refractivity contribution is -0.116. The molecule has 1 atom stereocenters. The number of likely N-dealkylation sites (N-methyl/N-ethyl adjacent to an activating group) is 1. The largest absolute Gasteiger partial charge is 0.367 e. The molecule has 1 N–H and O–H groups in total. The van der Waals surface area contributed by atoms with Gasteiger partial charge in [0.1, 0.15) is 0 Å². The van der Waals surface area contributed by atoms with Crippen LogP contribution in [0.25, 0.3) is 0 Å². The summed E-state index contributed by atoms with van der Waals surface area (Å²) in [7, 11) is 2.14. The summed E-state index contributed by atoms with van der Waals surface area (Å²) in [5.74, 6) is 0.445. The molecule has 0 radical (unpaired) electrons. The number of carbonyl (C=O) groups is 1. The molecule has 1 aromatic carbocycles.